The summed E-state index contributed by atoms with van der Waals surface area (Å²) in [4.78, 5) is 20.9. The van der Waals surface area contributed by atoms with E-state index in [4.69, 9.17) is 0 Å². The summed E-state index contributed by atoms with van der Waals surface area (Å²) in [5, 5.41) is 0. The molecule has 7 nitrogen and oxygen atoms in total. The number of ether oxygens (including phenoxy) is 1. The minimum atomic E-state index is -4.32. The van der Waals surface area contributed by atoms with Crippen LogP contribution in [0.25, 0.3) is 0 Å². The first kappa shape index (κ1) is 17.0. The van der Waals surface area contributed by atoms with Crippen LogP contribution in [0.3, 0.4) is 0 Å². The third-order valence-electron chi connectivity index (χ3n) is 0.850. The fourth-order valence-corrected chi connectivity index (χ4v) is 1.08. The van der Waals surface area contributed by atoms with Gasteiger partial charge in [0.05, 0.1) is 6.61 Å². The van der Waals surface area contributed by atoms with Crippen molar-refractivity contribution in [3.63, 3.8) is 0 Å². The summed E-state index contributed by atoms with van der Waals surface area (Å²) in [6.07, 6.45) is 0. The summed E-state index contributed by atoms with van der Waals surface area (Å²) < 4.78 is 33.5. The Kier molecular flexibility index (Phi) is 8.91. The van der Waals surface area contributed by atoms with E-state index in [1.54, 1.807) is 0 Å². The molecule has 0 heterocycles. The Morgan fingerprint density at radius 3 is 2.27 bits per heavy atom. The van der Waals surface area contributed by atoms with Crippen LogP contribution in [0.4, 0.5) is 0 Å². The van der Waals surface area contributed by atoms with Crippen molar-refractivity contribution in [2.45, 2.75) is 13.8 Å². The fourth-order valence-electron chi connectivity index (χ4n) is 0.467. The molecule has 9 heteroatoms. The van der Waals surface area contributed by atoms with Crippen LogP contribution in [0.5, 0.6) is 0 Å². The molecule has 0 fully saturated rings. The topological polar surface area (TPSA) is 96.0 Å². The Balaban J connectivity index is -0.000000282. The van der Waals surface area contributed by atoms with E-state index in [-0.39, 0.29) is 32.5 Å². The van der Waals surface area contributed by atoms with E-state index < -0.39 is 28.9 Å². The summed E-state index contributed by atoms with van der Waals surface area (Å²) in [5.74, 6) is -1.93. The maximum absolute atomic E-state index is 10.7. The van der Waals surface area contributed by atoms with E-state index in [2.05, 4.69) is 13.1 Å². The second-order valence-electron chi connectivity index (χ2n) is 2.05. The molecule has 0 N–H and O–H groups in total. The zero-order valence-corrected chi connectivity index (χ0v) is 10.6. The van der Waals surface area contributed by atoms with Crippen molar-refractivity contribution < 1.29 is 34.0 Å². The summed E-state index contributed by atoms with van der Waals surface area (Å²) >= 11 is 0. The van der Waals surface area contributed by atoms with Crippen molar-refractivity contribution in [2.75, 3.05) is 13.2 Å². The van der Waals surface area contributed by atoms with Crippen LogP contribution in [0, 0.1) is 0 Å². The van der Waals surface area contributed by atoms with Gasteiger partial charge in [-0.05, 0) is 6.92 Å². The zero-order valence-electron chi connectivity index (χ0n) is 10.4. The molecule has 0 spiro atoms. The molecule has 0 bridgehead atoms. The van der Waals surface area contributed by atoms with E-state index in [0.29, 0.717) is 0 Å². The second kappa shape index (κ2) is 7.85. The summed E-state index contributed by atoms with van der Waals surface area (Å²) in [6, 6.07) is 0. The van der Waals surface area contributed by atoms with Gasteiger partial charge in [-0.1, -0.05) is 0 Å². The van der Waals surface area contributed by atoms with Crippen LogP contribution < -0.4 is 0 Å². The first-order chi connectivity index (χ1) is 6.37. The van der Waals surface area contributed by atoms with Crippen LogP contribution >= 0.6 is 0 Å². The van der Waals surface area contributed by atoms with Crippen LogP contribution in [0.1, 0.15) is 16.7 Å². The third-order valence-corrected chi connectivity index (χ3v) is 1.76. The zero-order chi connectivity index (χ0) is 11.2. The monoisotopic (exact) mass is 252 g/mol. The van der Waals surface area contributed by atoms with Crippen LogP contribution in [0.15, 0.2) is 0 Å². The van der Waals surface area contributed by atoms with E-state index >= 15 is 0 Å². The molecule has 0 amide bonds. The molecule has 0 aromatic heterocycles. The van der Waals surface area contributed by atoms with Gasteiger partial charge in [-0.15, -0.1) is 0 Å². The molecule has 0 unspecified atom stereocenters. The van der Waals surface area contributed by atoms with Gasteiger partial charge in [0.15, 0.2) is 6.61 Å². The van der Waals surface area contributed by atoms with Gasteiger partial charge in [-0.25, -0.2) is 8.98 Å². The fraction of sp³-hybridized carbons (Fsp3) is 0.667. The van der Waals surface area contributed by atoms with Crippen LogP contribution in [-0.4, -0.2) is 56.6 Å². The molecule has 0 radical (unpaired) electrons. The predicted octanol–water partition coefficient (Wildman–Crippen LogP) is -0.782. The van der Waals surface area contributed by atoms with Gasteiger partial charge in [0, 0.05) is 6.92 Å². The standard InChI is InChI=1S/C6H10O7S.Mg.2H/c1-3-12-14(9,10)13-6(8)4-11-5(2)7;;;/h3-4H2,1-2H3;;;/q;+2;2*-1. The minimum absolute atomic E-state index is 0. The molecule has 86 valence electrons. The van der Waals surface area contributed by atoms with Gasteiger partial charge >= 0.3 is 45.4 Å². The first-order valence-electron chi connectivity index (χ1n) is 3.62. The molecule has 0 aliphatic heterocycles. The van der Waals surface area contributed by atoms with Gasteiger partial charge < -0.3 is 11.8 Å². The van der Waals surface area contributed by atoms with E-state index in [0.717, 1.165) is 6.92 Å². The maximum atomic E-state index is 10.7. The first-order valence-corrected chi connectivity index (χ1v) is 4.95. The van der Waals surface area contributed by atoms with E-state index in [1.807, 2.05) is 0 Å². The molecule has 0 aliphatic carbocycles. The molecule has 0 saturated carbocycles. The average Bonchev–Trinajstić information content (AvgIpc) is 1.99. The Bertz CT molecular complexity index is 318. The van der Waals surface area contributed by atoms with Crippen molar-refractivity contribution in [3.8, 4) is 0 Å². The predicted molar refractivity (Wildman–Crippen MR) is 51.2 cm³/mol. The third kappa shape index (κ3) is 9.91. The molecule has 0 aromatic carbocycles. The summed E-state index contributed by atoms with van der Waals surface area (Å²) in [6.45, 7) is 1.58. The Morgan fingerprint density at radius 2 is 1.87 bits per heavy atom. The molecule has 0 atom stereocenters. The van der Waals surface area contributed by atoms with E-state index in [1.165, 1.54) is 6.92 Å². The minimum Gasteiger partial charge on any atom is -1.00 e. The molecule has 0 aliphatic rings. The Hall–Kier alpha value is -0.384. The molecule has 0 rings (SSSR count). The maximum Gasteiger partial charge on any atom is 2.00 e. The van der Waals surface area contributed by atoms with Gasteiger partial charge in [0.25, 0.3) is 0 Å². The number of hydrogen-bond donors (Lipinski definition) is 0. The van der Waals surface area contributed by atoms with Crippen molar-refractivity contribution in [1.82, 2.24) is 0 Å². The van der Waals surface area contributed by atoms with Crippen LogP contribution in [0.2, 0.25) is 0 Å². The Labute approximate surface area is 107 Å². The smallest absolute Gasteiger partial charge is 1.00 e. The second-order valence-corrected chi connectivity index (χ2v) is 3.27. The van der Waals surface area contributed by atoms with Crippen molar-refractivity contribution >= 4 is 45.4 Å². The van der Waals surface area contributed by atoms with Crippen molar-refractivity contribution in [3.05, 3.63) is 0 Å². The molecule has 15 heavy (non-hydrogen) atoms. The average molecular weight is 253 g/mol. The normalized spacial score (nSPS) is 10.0. The molecule has 0 saturated heterocycles. The largest absolute Gasteiger partial charge is 2.00 e. The number of esters is 1. The van der Waals surface area contributed by atoms with E-state index in [9.17, 15) is 18.0 Å². The number of hydrogen-bond acceptors (Lipinski definition) is 7. The van der Waals surface area contributed by atoms with Gasteiger partial charge in [-0.3, -0.25) is 4.79 Å². The summed E-state index contributed by atoms with van der Waals surface area (Å²) in [7, 11) is -4.32. The van der Waals surface area contributed by atoms with Crippen molar-refractivity contribution in [2.24, 2.45) is 0 Å². The Morgan fingerprint density at radius 1 is 1.33 bits per heavy atom. The number of carbonyl (C=O) groups is 2. The van der Waals surface area contributed by atoms with Crippen LogP contribution in [-0.2, 0) is 33.1 Å². The number of carbonyl (C=O) groups excluding carboxylic acids is 2. The number of rotatable bonds is 5. The summed E-state index contributed by atoms with van der Waals surface area (Å²) in [5.41, 5.74) is 0. The molecular formula is C6H12MgO7S. The molecular weight excluding hydrogens is 240 g/mol. The SMILES string of the molecule is CCOS(=O)(=O)OC(=O)COC(C)=O.[H-].[H-].[Mg+2]. The van der Waals surface area contributed by atoms with Gasteiger partial charge in [0.2, 0.25) is 0 Å². The van der Waals surface area contributed by atoms with Gasteiger partial charge in [-0.2, -0.15) is 8.42 Å². The van der Waals surface area contributed by atoms with Gasteiger partial charge in [0.1, 0.15) is 0 Å². The quantitative estimate of drug-likeness (QED) is 0.468. The van der Waals surface area contributed by atoms with Crippen molar-refractivity contribution in [1.29, 1.82) is 0 Å². The molecule has 0 aromatic rings.